The van der Waals surface area contributed by atoms with Crippen molar-refractivity contribution in [2.75, 3.05) is 24.3 Å². The molecule has 168 valence electrons. The fourth-order valence-corrected chi connectivity index (χ4v) is 5.72. The predicted octanol–water partition coefficient (Wildman–Crippen LogP) is 3.26. The van der Waals surface area contributed by atoms with Gasteiger partial charge in [-0.1, -0.05) is 17.7 Å². The SMILES string of the molecule is CC#CCOc1ccc(C(=O)Nc2csc([C@@]34COC(C)(C)CC3CSC(N)=N4)n2)nc1. The highest BCUT2D eigenvalue weighted by Gasteiger charge is 2.52. The zero-order valence-electron chi connectivity index (χ0n) is 18.2. The summed E-state index contributed by atoms with van der Waals surface area (Å²) in [4.78, 5) is 26.3. The van der Waals surface area contributed by atoms with E-state index in [9.17, 15) is 4.79 Å². The number of rotatable bonds is 5. The Bertz CT molecular complexity index is 1090. The minimum Gasteiger partial charge on any atom is -0.479 e. The van der Waals surface area contributed by atoms with Crippen LogP contribution < -0.4 is 15.8 Å². The molecule has 2 aliphatic rings. The van der Waals surface area contributed by atoms with Crippen LogP contribution in [-0.2, 0) is 10.3 Å². The quantitative estimate of drug-likeness (QED) is 0.644. The van der Waals surface area contributed by atoms with Crippen LogP contribution in [0.3, 0.4) is 0 Å². The maximum atomic E-state index is 12.6. The van der Waals surface area contributed by atoms with E-state index in [1.165, 1.54) is 17.5 Å². The van der Waals surface area contributed by atoms with E-state index in [4.69, 9.17) is 25.2 Å². The number of hydrogen-bond acceptors (Lipinski definition) is 9. The smallest absolute Gasteiger partial charge is 0.275 e. The van der Waals surface area contributed by atoms with Gasteiger partial charge in [-0.25, -0.2) is 15.0 Å². The summed E-state index contributed by atoms with van der Waals surface area (Å²) in [5.41, 5.74) is 5.52. The molecule has 2 atom stereocenters. The van der Waals surface area contributed by atoms with Crippen LogP contribution in [0.2, 0.25) is 0 Å². The van der Waals surface area contributed by atoms with Crippen molar-refractivity contribution in [1.82, 2.24) is 9.97 Å². The molecule has 10 heteroatoms. The van der Waals surface area contributed by atoms with Crippen LogP contribution in [0.5, 0.6) is 5.75 Å². The van der Waals surface area contributed by atoms with Gasteiger partial charge >= 0.3 is 0 Å². The second-order valence-electron chi connectivity index (χ2n) is 8.22. The summed E-state index contributed by atoms with van der Waals surface area (Å²) in [5.74, 6) is 7.35. The van der Waals surface area contributed by atoms with Crippen molar-refractivity contribution in [3.8, 4) is 17.6 Å². The number of aliphatic imine (C=N–C) groups is 1. The molecule has 2 aliphatic heterocycles. The lowest BCUT2D eigenvalue weighted by Crippen LogP contribution is -2.52. The Morgan fingerprint density at radius 3 is 3.03 bits per heavy atom. The maximum absolute atomic E-state index is 12.6. The molecule has 2 aromatic rings. The number of pyridine rings is 1. The molecular formula is C22H25N5O3S2. The third kappa shape index (κ3) is 4.75. The number of anilines is 1. The lowest BCUT2D eigenvalue weighted by molar-refractivity contribution is -0.109. The van der Waals surface area contributed by atoms with Crippen LogP contribution in [0.4, 0.5) is 5.82 Å². The molecule has 0 saturated carbocycles. The maximum Gasteiger partial charge on any atom is 0.275 e. The second kappa shape index (κ2) is 9.10. The lowest BCUT2D eigenvalue weighted by Gasteiger charge is -2.47. The van der Waals surface area contributed by atoms with Crippen LogP contribution >= 0.6 is 23.1 Å². The van der Waals surface area contributed by atoms with Crippen LogP contribution in [0.25, 0.3) is 0 Å². The van der Waals surface area contributed by atoms with E-state index in [2.05, 4.69) is 36.0 Å². The van der Waals surface area contributed by atoms with E-state index in [0.29, 0.717) is 23.3 Å². The fourth-order valence-electron chi connectivity index (χ4n) is 3.77. The van der Waals surface area contributed by atoms with Gasteiger partial charge in [0.25, 0.3) is 5.91 Å². The van der Waals surface area contributed by atoms with E-state index < -0.39 is 5.54 Å². The second-order valence-corrected chi connectivity index (χ2v) is 10.1. The van der Waals surface area contributed by atoms with Gasteiger partial charge in [0.05, 0.1) is 18.4 Å². The van der Waals surface area contributed by atoms with Gasteiger partial charge in [0, 0.05) is 17.1 Å². The highest BCUT2D eigenvalue weighted by Crippen LogP contribution is 2.49. The van der Waals surface area contributed by atoms with Crippen molar-refractivity contribution in [3.05, 3.63) is 34.4 Å². The summed E-state index contributed by atoms with van der Waals surface area (Å²) in [6.45, 7) is 6.63. The Hall–Kier alpha value is -2.61. The zero-order chi connectivity index (χ0) is 22.8. The molecule has 4 heterocycles. The Labute approximate surface area is 195 Å². The Morgan fingerprint density at radius 2 is 2.28 bits per heavy atom. The Kier molecular flexibility index (Phi) is 6.42. The van der Waals surface area contributed by atoms with Crippen LogP contribution in [0.15, 0.2) is 28.7 Å². The van der Waals surface area contributed by atoms with E-state index >= 15 is 0 Å². The highest BCUT2D eigenvalue weighted by molar-refractivity contribution is 8.13. The van der Waals surface area contributed by atoms with Gasteiger partial charge in [-0.2, -0.15) is 0 Å². The molecule has 1 saturated heterocycles. The van der Waals surface area contributed by atoms with Gasteiger partial charge in [0.1, 0.15) is 34.4 Å². The monoisotopic (exact) mass is 471 g/mol. The number of nitrogens with zero attached hydrogens (tertiary/aromatic N) is 3. The van der Waals surface area contributed by atoms with Crippen molar-refractivity contribution >= 4 is 40.0 Å². The van der Waals surface area contributed by atoms with Crippen LogP contribution in [0.1, 0.15) is 42.7 Å². The van der Waals surface area contributed by atoms with Crippen molar-refractivity contribution < 1.29 is 14.3 Å². The number of amides is 1. The molecule has 32 heavy (non-hydrogen) atoms. The minimum absolute atomic E-state index is 0.213. The molecule has 1 unspecified atom stereocenters. The molecule has 0 aromatic carbocycles. The molecule has 3 N–H and O–H groups in total. The van der Waals surface area contributed by atoms with Gasteiger partial charge in [0.2, 0.25) is 0 Å². The summed E-state index contributed by atoms with van der Waals surface area (Å²) in [7, 11) is 0. The number of carbonyl (C=O) groups excluding carboxylic acids is 1. The van der Waals surface area contributed by atoms with E-state index in [1.54, 1.807) is 30.8 Å². The van der Waals surface area contributed by atoms with E-state index in [0.717, 1.165) is 17.2 Å². The van der Waals surface area contributed by atoms with Crippen molar-refractivity contribution in [3.63, 3.8) is 0 Å². The summed E-state index contributed by atoms with van der Waals surface area (Å²) >= 11 is 3.03. The van der Waals surface area contributed by atoms with E-state index in [-0.39, 0.29) is 29.7 Å². The van der Waals surface area contributed by atoms with Gasteiger partial charge in [0.15, 0.2) is 5.17 Å². The summed E-state index contributed by atoms with van der Waals surface area (Å²) in [6.07, 6.45) is 2.36. The highest BCUT2D eigenvalue weighted by atomic mass is 32.2. The molecule has 0 radical (unpaired) electrons. The number of carbonyl (C=O) groups is 1. The molecule has 2 aromatic heterocycles. The first-order valence-electron chi connectivity index (χ1n) is 10.2. The summed E-state index contributed by atoms with van der Waals surface area (Å²) in [5, 5.41) is 5.97. The zero-order valence-corrected chi connectivity index (χ0v) is 19.8. The number of nitrogens with one attached hydrogen (secondary N) is 1. The van der Waals surface area contributed by atoms with Crippen molar-refractivity contribution in [2.45, 2.75) is 38.3 Å². The minimum atomic E-state index is -0.614. The average Bonchev–Trinajstić information content (AvgIpc) is 3.23. The molecule has 1 amide bonds. The molecule has 1 fully saturated rings. The topological polar surface area (TPSA) is 112 Å². The standard InChI is InChI=1S/C22H25N5O3S2/c1-4-5-8-29-15-6-7-16(24-10-15)18(28)25-17-12-31-19(26-17)22-13-30-21(2,3)9-14(22)11-32-20(23)27-22/h6-7,10,12,14H,8-9,11,13H2,1-3H3,(H2,23,27)(H,25,28)/t14?,22-/m1/s1. The summed E-state index contributed by atoms with van der Waals surface area (Å²) < 4.78 is 11.6. The lowest BCUT2D eigenvalue weighted by atomic mass is 9.77. The molecule has 8 nitrogen and oxygen atoms in total. The van der Waals surface area contributed by atoms with Gasteiger partial charge < -0.3 is 20.5 Å². The number of ether oxygens (including phenoxy) is 2. The largest absolute Gasteiger partial charge is 0.479 e. The Balaban J connectivity index is 1.49. The first-order valence-corrected chi connectivity index (χ1v) is 12.1. The fraction of sp³-hybridized carbons (Fsp3) is 0.455. The van der Waals surface area contributed by atoms with Gasteiger partial charge in [-0.15, -0.1) is 17.3 Å². The summed E-state index contributed by atoms with van der Waals surface area (Å²) in [6, 6.07) is 3.29. The number of hydrogen-bond donors (Lipinski definition) is 2. The molecule has 0 aliphatic carbocycles. The third-order valence-corrected chi connectivity index (χ3v) is 7.38. The van der Waals surface area contributed by atoms with Crippen molar-refractivity contribution in [1.29, 1.82) is 0 Å². The van der Waals surface area contributed by atoms with E-state index in [1.807, 2.05) is 5.38 Å². The number of thiazole rings is 1. The average molecular weight is 472 g/mol. The number of amidine groups is 1. The molecule has 0 bridgehead atoms. The Morgan fingerprint density at radius 1 is 1.44 bits per heavy atom. The third-order valence-electron chi connectivity index (χ3n) is 5.41. The molecule has 4 rings (SSSR count). The first kappa shape index (κ1) is 22.6. The van der Waals surface area contributed by atoms with Crippen LogP contribution in [-0.4, -0.2) is 45.6 Å². The van der Waals surface area contributed by atoms with Crippen LogP contribution in [0, 0.1) is 17.8 Å². The van der Waals surface area contributed by atoms with Gasteiger partial charge in [-0.3, -0.25) is 4.79 Å². The van der Waals surface area contributed by atoms with Crippen molar-refractivity contribution in [2.24, 2.45) is 16.6 Å². The molecule has 0 spiro atoms. The number of thioether (sulfide) groups is 1. The van der Waals surface area contributed by atoms with Gasteiger partial charge in [-0.05, 0) is 39.3 Å². The normalized spacial score (nSPS) is 23.8. The molecular weight excluding hydrogens is 446 g/mol. The first-order chi connectivity index (χ1) is 15.3. The predicted molar refractivity (Wildman–Crippen MR) is 127 cm³/mol. The number of fused-ring (bicyclic) bond motifs is 1. The number of nitrogens with two attached hydrogens (primary N) is 1. The number of aromatic nitrogens is 2.